The fourth-order valence-corrected chi connectivity index (χ4v) is 14.8. The largest absolute Gasteiger partial charge is 0.416 e. The minimum Gasteiger partial charge on any atom is -0.307 e. The van der Waals surface area contributed by atoms with Gasteiger partial charge in [0, 0.05) is 93.9 Å². The molecule has 0 amide bonds. The van der Waals surface area contributed by atoms with Crippen LogP contribution in [-0.2, 0) is 6.18 Å². The number of hydrogen-bond acceptors (Lipinski definition) is 14. The third-order valence-corrected chi connectivity index (χ3v) is 20.4. The lowest BCUT2D eigenvalue weighted by Gasteiger charge is -2.18. The zero-order chi connectivity index (χ0) is 77.8. The Kier molecular flexibility index (Phi) is 17.3. The van der Waals surface area contributed by atoms with Gasteiger partial charge in [-0.25, -0.2) is 64.8 Å². The maximum atomic E-state index is 15.6. The molecule has 0 aliphatic carbocycles. The number of fused-ring (bicyclic) bond motifs is 6. The Bertz CT molecular complexity index is 6640. The van der Waals surface area contributed by atoms with Crippen molar-refractivity contribution in [1.82, 2.24) is 73.9 Å². The second-order valence-electron chi connectivity index (χ2n) is 27.7. The summed E-state index contributed by atoms with van der Waals surface area (Å²) < 4.78 is 50.9. The van der Waals surface area contributed by atoms with Crippen molar-refractivity contribution in [3.05, 3.63) is 357 Å². The number of benzene rings is 13. The van der Waals surface area contributed by atoms with Crippen molar-refractivity contribution in [3.8, 4) is 165 Å². The van der Waals surface area contributed by atoms with Crippen LogP contribution >= 0.6 is 0 Å². The van der Waals surface area contributed by atoms with E-state index in [1.54, 1.807) is 12.3 Å². The summed E-state index contributed by atoms with van der Waals surface area (Å²) in [5, 5.41) is 13.7. The molecule has 0 N–H and O–H groups in total. The molecule has 7 heterocycles. The normalized spacial score (nSPS) is 11.6. The van der Waals surface area contributed by atoms with Crippen molar-refractivity contribution in [2.75, 3.05) is 0 Å². The Morgan fingerprint density at radius 1 is 0.241 bits per heavy atom. The number of nitriles is 1. The maximum Gasteiger partial charge on any atom is 0.416 e. The summed E-state index contributed by atoms with van der Waals surface area (Å²) >= 11 is 0. The molecule has 546 valence electrons. The molecule has 0 atom stereocenters. The van der Waals surface area contributed by atoms with Crippen LogP contribution in [0.4, 0.5) is 13.2 Å². The van der Waals surface area contributed by atoms with Gasteiger partial charge in [-0.2, -0.15) is 18.4 Å². The van der Waals surface area contributed by atoms with Gasteiger partial charge in [0.1, 0.15) is 5.82 Å². The summed E-state index contributed by atoms with van der Waals surface area (Å²) in [4.78, 5) is 66.8. The van der Waals surface area contributed by atoms with Crippen LogP contribution < -0.4 is 0 Å². The number of hydrogen-bond donors (Lipinski definition) is 0. The molecule has 116 heavy (non-hydrogen) atoms. The first kappa shape index (κ1) is 69.1. The van der Waals surface area contributed by atoms with Gasteiger partial charge < -0.3 is 4.57 Å². The van der Waals surface area contributed by atoms with E-state index in [-0.39, 0.29) is 11.1 Å². The van der Waals surface area contributed by atoms with E-state index in [0.717, 1.165) is 67.4 Å². The Hall–Kier alpha value is -16.1. The fraction of sp³-hybridized carbons (Fsp3) is 0.0103. The number of aromatic nitrogens is 15. The molecule has 0 aliphatic rings. The van der Waals surface area contributed by atoms with E-state index in [4.69, 9.17) is 64.8 Å². The molecular formula is C97H57F3N16. The van der Waals surface area contributed by atoms with Crippen LogP contribution in [0, 0.1) is 11.3 Å². The van der Waals surface area contributed by atoms with E-state index in [9.17, 15) is 5.26 Å². The van der Waals surface area contributed by atoms with Crippen molar-refractivity contribution in [2.45, 2.75) is 6.18 Å². The number of rotatable bonds is 15. The lowest BCUT2D eigenvalue weighted by Crippen LogP contribution is -2.07. The predicted molar refractivity (Wildman–Crippen MR) is 447 cm³/mol. The highest BCUT2D eigenvalue weighted by Crippen LogP contribution is 2.45. The SMILES string of the molecule is N#Cc1cc(-c2cc(-n3c4ccc(-c5nc(-c6ccccc6)nc(-c6ccccc6)n5)cc4c4cc(-c5nc(-c6ccccc6)nc(-c6ccccc6)n5)ccc43)ncc2-n2c3ccc(-c4nc(-c5ccccc5)nc(-c5ccccc5)n4)cc3c3cc(-c4nc(-c5ccccc5)nc(-c5ccccc5)n4)ccc32)cc(C(F)(F)F)c1. The van der Waals surface area contributed by atoms with Crippen molar-refractivity contribution < 1.29 is 13.2 Å². The molecule has 0 aliphatic heterocycles. The van der Waals surface area contributed by atoms with Crippen molar-refractivity contribution >= 4 is 43.6 Å². The fourth-order valence-electron chi connectivity index (χ4n) is 14.8. The van der Waals surface area contributed by atoms with Crippen molar-refractivity contribution in [1.29, 1.82) is 5.26 Å². The van der Waals surface area contributed by atoms with Gasteiger partial charge in [0.15, 0.2) is 69.9 Å². The van der Waals surface area contributed by atoms with Gasteiger partial charge in [-0.1, -0.05) is 243 Å². The minimum atomic E-state index is -4.87. The summed E-state index contributed by atoms with van der Waals surface area (Å²) in [5.41, 5.74) is 11.2. The van der Waals surface area contributed by atoms with Crippen LogP contribution in [-0.4, -0.2) is 73.9 Å². The average Bonchev–Trinajstić information content (AvgIpc) is 1.57. The summed E-state index contributed by atoms with van der Waals surface area (Å²) in [5.74, 6) is 5.69. The zero-order valence-corrected chi connectivity index (χ0v) is 61.2. The Morgan fingerprint density at radius 3 is 0.724 bits per heavy atom. The standard InChI is InChI=1S/C97H57F3N16/c98-97(99,100)73-50-59(57-101)49-72(51-73)74-56-84(116-81-47-43-70(95-111-89(64-33-17-5-18-34-64)105-90(112-95)65-35-19-6-20-36-65)54-77(81)78-55-71(44-48-82(78)116)96-113-91(66-37-21-7-22-38-66)106-92(114-96)67-39-23-8-24-40-67)102-58-83(74)115-79-45-41-68(93-107-85(60-25-9-1-10-26-60)103-86(108-93)61-27-11-2-12-28-61)52-75(79)76-53-69(42-46-80(76)115)94-109-87(62-29-13-3-14-30-62)104-88(110-94)63-31-15-4-16-32-63/h1-56,58H. The molecule has 19 heteroatoms. The van der Waals surface area contributed by atoms with E-state index in [1.165, 1.54) is 6.07 Å². The number of pyridine rings is 1. The Morgan fingerprint density at radius 2 is 0.483 bits per heavy atom. The van der Waals surface area contributed by atoms with E-state index in [2.05, 4.69) is 6.07 Å². The lowest BCUT2D eigenvalue weighted by atomic mass is 9.99. The zero-order valence-electron chi connectivity index (χ0n) is 61.2. The van der Waals surface area contributed by atoms with Gasteiger partial charge in [-0.3, -0.25) is 4.57 Å². The molecule has 16 nitrogen and oxygen atoms in total. The van der Waals surface area contributed by atoms with Gasteiger partial charge in [0.2, 0.25) is 0 Å². The molecular weight excluding hydrogens is 1450 g/mol. The van der Waals surface area contributed by atoms with E-state index in [0.29, 0.717) is 142 Å². The smallest absolute Gasteiger partial charge is 0.307 e. The topological polar surface area (TPSA) is 201 Å². The van der Waals surface area contributed by atoms with Crippen LogP contribution in [0.25, 0.3) is 203 Å². The highest BCUT2D eigenvalue weighted by atomic mass is 19.4. The third kappa shape index (κ3) is 13.1. The van der Waals surface area contributed by atoms with Gasteiger partial charge in [-0.05, 0) is 103 Å². The van der Waals surface area contributed by atoms with Crippen molar-refractivity contribution in [3.63, 3.8) is 0 Å². The second kappa shape index (κ2) is 29.0. The molecule has 0 bridgehead atoms. The molecule has 0 unspecified atom stereocenters. The number of halogens is 3. The molecule has 0 saturated heterocycles. The molecule has 0 radical (unpaired) electrons. The Balaban J connectivity index is 0.837. The predicted octanol–water partition coefficient (Wildman–Crippen LogP) is 22.6. The molecule has 7 aromatic heterocycles. The summed E-state index contributed by atoms with van der Waals surface area (Å²) in [6, 6.07) is 109. The summed E-state index contributed by atoms with van der Waals surface area (Å²) in [6.07, 6.45) is -3.18. The molecule has 13 aromatic carbocycles. The number of nitrogens with zero attached hydrogens (tertiary/aromatic N) is 16. The monoisotopic (exact) mass is 1500 g/mol. The van der Waals surface area contributed by atoms with E-state index < -0.39 is 11.7 Å². The summed E-state index contributed by atoms with van der Waals surface area (Å²) in [7, 11) is 0. The Labute approximate surface area is 660 Å². The molecule has 20 rings (SSSR count). The first-order valence-electron chi connectivity index (χ1n) is 37.3. The minimum absolute atomic E-state index is 0.0966. The van der Waals surface area contributed by atoms with Crippen LogP contribution in [0.3, 0.4) is 0 Å². The van der Waals surface area contributed by atoms with Gasteiger partial charge >= 0.3 is 6.18 Å². The van der Waals surface area contributed by atoms with Gasteiger partial charge in [0.05, 0.1) is 51.1 Å². The maximum absolute atomic E-state index is 15.6. The van der Waals surface area contributed by atoms with Crippen LogP contribution in [0.1, 0.15) is 11.1 Å². The second-order valence-corrected chi connectivity index (χ2v) is 27.7. The van der Waals surface area contributed by atoms with E-state index >= 15 is 13.2 Å². The highest BCUT2D eigenvalue weighted by molar-refractivity contribution is 6.13. The molecule has 0 saturated carbocycles. The van der Waals surface area contributed by atoms with Crippen LogP contribution in [0.15, 0.2) is 346 Å². The first-order valence-corrected chi connectivity index (χ1v) is 37.3. The molecule has 0 spiro atoms. The molecule has 20 aromatic rings. The van der Waals surface area contributed by atoms with Gasteiger partial charge in [0.25, 0.3) is 0 Å². The third-order valence-electron chi connectivity index (χ3n) is 20.4. The van der Waals surface area contributed by atoms with Gasteiger partial charge in [-0.15, -0.1) is 0 Å². The van der Waals surface area contributed by atoms with Crippen LogP contribution in [0.2, 0.25) is 0 Å². The first-order chi connectivity index (χ1) is 57.0. The highest BCUT2D eigenvalue weighted by Gasteiger charge is 2.33. The quantitative estimate of drug-likeness (QED) is 0.0938. The average molecular weight is 1500 g/mol. The van der Waals surface area contributed by atoms with Crippen molar-refractivity contribution in [2.24, 2.45) is 0 Å². The van der Waals surface area contributed by atoms with E-state index in [1.807, 2.05) is 325 Å². The lowest BCUT2D eigenvalue weighted by molar-refractivity contribution is -0.137. The number of alkyl halides is 3. The molecule has 0 fully saturated rings. The van der Waals surface area contributed by atoms with Crippen LogP contribution in [0.5, 0.6) is 0 Å². The summed E-state index contributed by atoms with van der Waals surface area (Å²) in [6.45, 7) is 0.